The first-order valence-electron chi connectivity index (χ1n) is 11.5. The van der Waals surface area contributed by atoms with E-state index in [4.69, 9.17) is 14.2 Å². The maximum atomic E-state index is 12.5. The van der Waals surface area contributed by atoms with E-state index in [-0.39, 0.29) is 6.09 Å². The molecule has 1 unspecified atom stereocenters. The number of rotatable bonds is 13. The molecular weight excluding hydrogens is 398 g/mol. The molecular formula is C24H37NO6. The van der Waals surface area contributed by atoms with Crippen LogP contribution in [0, 0.1) is 5.92 Å². The van der Waals surface area contributed by atoms with E-state index in [1.807, 2.05) is 31.2 Å². The fraction of sp³-hybridized carbons (Fsp3) is 0.667. The van der Waals surface area contributed by atoms with Crippen molar-refractivity contribution in [1.29, 1.82) is 0 Å². The molecule has 0 bridgehead atoms. The van der Waals surface area contributed by atoms with Crippen LogP contribution >= 0.6 is 0 Å². The van der Waals surface area contributed by atoms with Gasteiger partial charge in [0.15, 0.2) is 6.10 Å². The highest BCUT2D eigenvalue weighted by Crippen LogP contribution is 2.24. The van der Waals surface area contributed by atoms with Crippen LogP contribution in [0.1, 0.15) is 57.9 Å². The highest BCUT2D eigenvalue weighted by atomic mass is 16.6. The third-order valence-corrected chi connectivity index (χ3v) is 5.51. The largest absolute Gasteiger partial charge is 0.492 e. The van der Waals surface area contributed by atoms with Crippen LogP contribution in [0.3, 0.4) is 0 Å². The van der Waals surface area contributed by atoms with Crippen LogP contribution in [0.25, 0.3) is 0 Å². The quantitative estimate of drug-likeness (QED) is 0.490. The number of ether oxygens (including phenoxy) is 3. The van der Waals surface area contributed by atoms with Crippen molar-refractivity contribution in [3.63, 3.8) is 0 Å². The number of carboxylic acids is 1. The highest BCUT2D eigenvalue weighted by molar-refractivity contribution is 5.72. The maximum absolute atomic E-state index is 12.5. The Hall–Kier alpha value is -2.28. The Morgan fingerprint density at radius 1 is 1.10 bits per heavy atom. The summed E-state index contributed by atoms with van der Waals surface area (Å²) < 4.78 is 16.5. The summed E-state index contributed by atoms with van der Waals surface area (Å²) >= 11 is 0. The summed E-state index contributed by atoms with van der Waals surface area (Å²) in [7, 11) is 0. The van der Waals surface area contributed by atoms with Gasteiger partial charge in [-0.05, 0) is 49.8 Å². The minimum absolute atomic E-state index is 0.262. The van der Waals surface area contributed by atoms with Crippen molar-refractivity contribution in [1.82, 2.24) is 4.90 Å². The summed E-state index contributed by atoms with van der Waals surface area (Å²) in [5.74, 6) is 0.261. The van der Waals surface area contributed by atoms with Crippen LogP contribution < -0.4 is 4.74 Å². The Labute approximate surface area is 185 Å². The molecule has 1 aromatic carbocycles. The average molecular weight is 436 g/mol. The lowest BCUT2D eigenvalue weighted by atomic mass is 9.89. The van der Waals surface area contributed by atoms with Crippen LogP contribution in [0.4, 0.5) is 4.79 Å². The van der Waals surface area contributed by atoms with Crippen molar-refractivity contribution in [2.75, 3.05) is 32.9 Å². The number of benzene rings is 1. The Bertz CT molecular complexity index is 657. The first-order chi connectivity index (χ1) is 15.0. The average Bonchev–Trinajstić information content (AvgIpc) is 2.78. The molecule has 0 spiro atoms. The van der Waals surface area contributed by atoms with Gasteiger partial charge in [-0.3, -0.25) is 0 Å². The summed E-state index contributed by atoms with van der Waals surface area (Å²) in [4.78, 5) is 25.5. The van der Waals surface area contributed by atoms with Gasteiger partial charge in [-0.15, -0.1) is 0 Å². The van der Waals surface area contributed by atoms with Gasteiger partial charge >= 0.3 is 12.1 Å². The summed E-state index contributed by atoms with van der Waals surface area (Å²) in [5, 5.41) is 9.21. The first-order valence-corrected chi connectivity index (χ1v) is 11.5. The molecule has 2 rings (SSSR count). The lowest BCUT2D eigenvalue weighted by molar-refractivity contribution is -0.149. The van der Waals surface area contributed by atoms with Gasteiger partial charge in [0.1, 0.15) is 12.4 Å². The van der Waals surface area contributed by atoms with Crippen molar-refractivity contribution in [3.05, 3.63) is 29.8 Å². The van der Waals surface area contributed by atoms with Gasteiger partial charge in [0.05, 0.1) is 13.2 Å². The predicted molar refractivity (Wildman–Crippen MR) is 118 cm³/mol. The van der Waals surface area contributed by atoms with Crippen molar-refractivity contribution in [3.8, 4) is 5.75 Å². The number of carbonyl (C=O) groups excluding carboxylic acids is 1. The molecule has 7 nitrogen and oxygen atoms in total. The van der Waals surface area contributed by atoms with Gasteiger partial charge in [0.2, 0.25) is 0 Å². The van der Waals surface area contributed by atoms with Gasteiger partial charge in [-0.1, -0.05) is 38.3 Å². The zero-order valence-corrected chi connectivity index (χ0v) is 18.9. The number of carbonyl (C=O) groups is 2. The van der Waals surface area contributed by atoms with Crippen molar-refractivity contribution < 1.29 is 28.9 Å². The van der Waals surface area contributed by atoms with Crippen molar-refractivity contribution in [2.45, 2.75) is 64.9 Å². The van der Waals surface area contributed by atoms with E-state index in [1.165, 1.54) is 32.1 Å². The summed E-state index contributed by atoms with van der Waals surface area (Å²) in [6.07, 6.45) is 6.08. The molecule has 0 heterocycles. The van der Waals surface area contributed by atoms with Crippen LogP contribution in [0.5, 0.6) is 5.75 Å². The lowest BCUT2D eigenvalue weighted by Gasteiger charge is -2.29. The summed E-state index contributed by atoms with van der Waals surface area (Å²) in [6.45, 7) is 6.13. The molecule has 0 saturated heterocycles. The zero-order chi connectivity index (χ0) is 22.5. The second-order valence-electron chi connectivity index (χ2n) is 8.04. The van der Waals surface area contributed by atoms with E-state index in [0.29, 0.717) is 44.5 Å². The number of aliphatic carboxylic acids is 1. The second kappa shape index (κ2) is 13.9. The van der Waals surface area contributed by atoms with E-state index < -0.39 is 12.1 Å². The molecule has 31 heavy (non-hydrogen) atoms. The van der Waals surface area contributed by atoms with Crippen LogP contribution in [-0.2, 0) is 20.7 Å². The second-order valence-corrected chi connectivity index (χ2v) is 8.04. The topological polar surface area (TPSA) is 85.3 Å². The zero-order valence-electron chi connectivity index (χ0n) is 18.9. The number of amides is 1. The minimum atomic E-state index is -0.963. The summed E-state index contributed by atoms with van der Waals surface area (Å²) in [6, 6.07) is 7.33. The van der Waals surface area contributed by atoms with E-state index in [1.54, 1.807) is 11.8 Å². The smallest absolute Gasteiger partial charge is 0.409 e. The Kier molecular flexibility index (Phi) is 11.2. The molecule has 0 aromatic heterocycles. The molecule has 1 atom stereocenters. The van der Waals surface area contributed by atoms with E-state index >= 15 is 0 Å². The molecule has 1 amide bonds. The lowest BCUT2D eigenvalue weighted by Crippen LogP contribution is -2.39. The predicted octanol–water partition coefficient (Wildman–Crippen LogP) is 4.53. The third kappa shape index (κ3) is 9.17. The number of nitrogens with zero attached hydrogens (tertiary/aromatic N) is 1. The molecule has 1 N–H and O–H groups in total. The summed E-state index contributed by atoms with van der Waals surface area (Å²) in [5.41, 5.74) is 0.871. The van der Waals surface area contributed by atoms with Crippen LogP contribution in [0.2, 0.25) is 0 Å². The molecule has 0 radical (unpaired) electrons. The SMILES string of the molecule is CCCOC(=O)N(CCOc1ccc(CC(OCC)C(=O)O)cc1)CC1CCCCC1. The molecule has 1 fully saturated rings. The number of carboxylic acid groups (broad SMARTS) is 1. The number of hydrogen-bond donors (Lipinski definition) is 1. The monoisotopic (exact) mass is 435 g/mol. The molecule has 1 saturated carbocycles. The van der Waals surface area contributed by atoms with Gasteiger partial charge in [-0.25, -0.2) is 9.59 Å². The van der Waals surface area contributed by atoms with Crippen LogP contribution in [0.15, 0.2) is 24.3 Å². The third-order valence-electron chi connectivity index (χ3n) is 5.51. The fourth-order valence-corrected chi connectivity index (χ4v) is 3.85. The molecule has 174 valence electrons. The molecule has 1 aliphatic rings. The first kappa shape index (κ1) is 25.0. The van der Waals surface area contributed by atoms with E-state index in [9.17, 15) is 14.7 Å². The van der Waals surface area contributed by atoms with E-state index in [0.717, 1.165) is 18.5 Å². The number of hydrogen-bond acceptors (Lipinski definition) is 5. The maximum Gasteiger partial charge on any atom is 0.409 e. The van der Waals surface area contributed by atoms with Gasteiger partial charge in [-0.2, -0.15) is 0 Å². The van der Waals surface area contributed by atoms with Gasteiger partial charge in [0.25, 0.3) is 0 Å². The fourth-order valence-electron chi connectivity index (χ4n) is 3.85. The Morgan fingerprint density at radius 2 is 1.81 bits per heavy atom. The molecule has 1 aromatic rings. The van der Waals surface area contributed by atoms with E-state index in [2.05, 4.69) is 0 Å². The molecule has 7 heteroatoms. The molecule has 1 aliphatic carbocycles. The molecule has 0 aliphatic heterocycles. The Morgan fingerprint density at radius 3 is 2.42 bits per heavy atom. The van der Waals surface area contributed by atoms with Gasteiger partial charge in [0, 0.05) is 19.6 Å². The minimum Gasteiger partial charge on any atom is -0.492 e. The standard InChI is InChI=1S/C24H37NO6/c1-3-15-31-24(28)25(18-20-8-6-5-7-9-20)14-16-30-21-12-10-19(11-13-21)17-22(23(26)27)29-4-2/h10-13,20,22H,3-9,14-18H2,1-2H3,(H,26,27). The normalized spacial score (nSPS) is 15.3. The van der Waals surface area contributed by atoms with Crippen molar-refractivity contribution in [2.24, 2.45) is 5.92 Å². The Balaban J connectivity index is 1.85. The van der Waals surface area contributed by atoms with Crippen molar-refractivity contribution >= 4 is 12.1 Å². The highest BCUT2D eigenvalue weighted by Gasteiger charge is 2.22. The van der Waals surface area contributed by atoms with Crippen LogP contribution in [-0.4, -0.2) is 61.1 Å². The van der Waals surface area contributed by atoms with Gasteiger partial charge < -0.3 is 24.2 Å².